The van der Waals surface area contributed by atoms with Crippen LogP contribution in [0.25, 0.3) is 0 Å². The second-order valence-corrected chi connectivity index (χ2v) is 9.09. The van der Waals surface area contributed by atoms with Crippen molar-refractivity contribution in [3.05, 3.63) is 0 Å². The van der Waals surface area contributed by atoms with E-state index >= 15 is 0 Å². The molecule has 1 heterocycles. The van der Waals surface area contributed by atoms with Gasteiger partial charge in [0.05, 0.1) is 26.6 Å². The van der Waals surface area contributed by atoms with Crippen LogP contribution in [0.5, 0.6) is 0 Å². The molecule has 1 saturated heterocycles. The van der Waals surface area contributed by atoms with Crippen LogP contribution >= 0.6 is 23.5 Å². The molecule has 1 aliphatic heterocycles. The highest BCUT2D eigenvalue weighted by atomic mass is 31.3. The first-order chi connectivity index (χ1) is 10.9. The predicted octanol–water partition coefficient (Wildman–Crippen LogP) is -1.73. The maximum absolute atomic E-state index is 13.1. The topological polar surface area (TPSA) is 201 Å². The van der Waals surface area contributed by atoms with Gasteiger partial charge in [0, 0.05) is 6.42 Å². The van der Waals surface area contributed by atoms with Gasteiger partial charge in [0.2, 0.25) is 5.60 Å². The second-order valence-electron chi connectivity index (χ2n) is 4.85. The van der Waals surface area contributed by atoms with E-state index in [4.69, 9.17) is 0 Å². The Morgan fingerprint density at radius 2 is 1.68 bits per heavy atom. The lowest BCUT2D eigenvalue weighted by molar-refractivity contribution is -0.339. The minimum Gasteiger partial charge on any atom is -0.790 e. The van der Waals surface area contributed by atoms with Gasteiger partial charge in [-0.25, -0.2) is 4.31 Å². The molecule has 150 valence electrons. The molecule has 5 atom stereocenters. The second kappa shape index (κ2) is 7.27. The highest BCUT2D eigenvalue weighted by Crippen LogP contribution is 2.61. The zero-order valence-corrected chi connectivity index (χ0v) is 14.7. The summed E-state index contributed by atoms with van der Waals surface area (Å²) in [4.78, 5) is 42.4. The molecule has 1 rings (SSSR count). The summed E-state index contributed by atoms with van der Waals surface area (Å²) in [6, 6.07) is 0. The van der Waals surface area contributed by atoms with Gasteiger partial charge in [0.25, 0.3) is 15.6 Å². The summed E-state index contributed by atoms with van der Waals surface area (Å²) in [5.41, 5.74) is -3.50. The molecule has 1 N–H and O–H groups in total. The first-order valence-electron chi connectivity index (χ1n) is 6.03. The van der Waals surface area contributed by atoms with Crippen LogP contribution in [0, 0.1) is 0 Å². The average molecular weight is 436 g/mol. The molecule has 18 heteroatoms. The van der Waals surface area contributed by atoms with Crippen LogP contribution in [0.4, 0.5) is 13.2 Å². The summed E-state index contributed by atoms with van der Waals surface area (Å²) in [5, 5.41) is 9.51. The molecule has 3 unspecified atom stereocenters. The molecule has 0 aromatic rings. The van der Waals surface area contributed by atoms with Crippen LogP contribution < -0.4 is 19.6 Å². The van der Waals surface area contributed by atoms with Gasteiger partial charge in [-0.15, -0.1) is 0 Å². The summed E-state index contributed by atoms with van der Waals surface area (Å²) >= 11 is 0. The molecule has 0 bridgehead atoms. The van der Waals surface area contributed by atoms with E-state index in [2.05, 4.69) is 17.9 Å². The van der Waals surface area contributed by atoms with E-state index in [1.165, 1.54) is 0 Å². The minimum absolute atomic E-state index is 0.536. The standard InChI is InChI=1S/C7H14F3O12P3/c1-4-2-5(11)6(20-4,7(8,9)10)3-19-24(15,16)22-25(17,18)21-23(12,13)14/h4-5,11H,2-3H2,1H3,(H,15,16)(H,17,18)(H2,12,13,14)/p-4/t4-,5?,6+/m0/s1. The Hall–Kier alpha value is 0.120. The number of hydrogen-bond donors (Lipinski definition) is 1. The number of halogens is 3. The summed E-state index contributed by atoms with van der Waals surface area (Å²) < 4.78 is 85.9. The Balaban J connectivity index is 2.91. The van der Waals surface area contributed by atoms with Gasteiger partial charge in [-0.3, -0.25) is 13.4 Å². The van der Waals surface area contributed by atoms with Crippen molar-refractivity contribution < 1.29 is 69.4 Å². The average Bonchev–Trinajstić information content (AvgIpc) is 2.56. The van der Waals surface area contributed by atoms with E-state index in [0.29, 0.717) is 0 Å². The van der Waals surface area contributed by atoms with Crippen molar-refractivity contribution in [1.29, 1.82) is 0 Å². The lowest BCUT2D eigenvalue weighted by atomic mass is 9.97. The van der Waals surface area contributed by atoms with Crippen LogP contribution in [0.1, 0.15) is 13.3 Å². The largest absolute Gasteiger partial charge is 0.790 e. The minimum atomic E-state index is -6.31. The highest BCUT2D eigenvalue weighted by Gasteiger charge is 2.65. The molecule has 0 radical (unpaired) electrons. The summed E-state index contributed by atoms with van der Waals surface area (Å²) in [6.45, 7) is -0.793. The van der Waals surface area contributed by atoms with Crippen LogP contribution in [0.3, 0.4) is 0 Å². The maximum atomic E-state index is 13.1. The first kappa shape index (κ1) is 23.2. The van der Waals surface area contributed by atoms with Gasteiger partial charge in [0.15, 0.2) is 0 Å². The number of rotatable bonds is 7. The van der Waals surface area contributed by atoms with Crippen molar-refractivity contribution in [2.75, 3.05) is 6.61 Å². The van der Waals surface area contributed by atoms with Crippen molar-refractivity contribution in [3.63, 3.8) is 0 Å². The number of alkyl halides is 3. The molecule has 0 spiro atoms. The Kier molecular flexibility index (Phi) is 6.73. The lowest BCUT2D eigenvalue weighted by Crippen LogP contribution is -2.56. The van der Waals surface area contributed by atoms with Gasteiger partial charge in [-0.2, -0.15) is 13.2 Å². The monoisotopic (exact) mass is 436 g/mol. The smallest absolute Gasteiger partial charge is 0.422 e. The van der Waals surface area contributed by atoms with E-state index in [1.54, 1.807) is 0 Å². The Bertz CT molecular complexity index is 632. The normalized spacial score (nSPS) is 33.0. The molecular formula is C7H10F3O12P3-4. The van der Waals surface area contributed by atoms with Gasteiger partial charge in [-0.05, 0) is 6.92 Å². The molecule has 0 amide bonds. The predicted molar refractivity (Wildman–Crippen MR) is 60.9 cm³/mol. The maximum Gasteiger partial charge on any atom is 0.422 e. The van der Waals surface area contributed by atoms with E-state index in [-0.39, 0.29) is 0 Å². The molecule has 0 saturated carbocycles. The molecular weight excluding hydrogens is 426 g/mol. The van der Waals surface area contributed by atoms with Gasteiger partial charge >= 0.3 is 6.18 Å². The van der Waals surface area contributed by atoms with Gasteiger partial charge in [-0.1, -0.05) is 0 Å². The van der Waals surface area contributed by atoms with Crippen LogP contribution in [0.2, 0.25) is 0 Å². The fourth-order valence-corrected chi connectivity index (χ4v) is 4.80. The van der Waals surface area contributed by atoms with Crippen molar-refractivity contribution in [2.24, 2.45) is 0 Å². The van der Waals surface area contributed by atoms with Crippen molar-refractivity contribution >= 4 is 23.5 Å². The van der Waals surface area contributed by atoms with Gasteiger partial charge < -0.3 is 38.5 Å². The van der Waals surface area contributed by atoms with Crippen LogP contribution in [-0.4, -0.2) is 35.7 Å². The van der Waals surface area contributed by atoms with Crippen LogP contribution in [0.15, 0.2) is 0 Å². The van der Waals surface area contributed by atoms with Crippen LogP contribution in [-0.2, 0) is 31.6 Å². The third kappa shape index (κ3) is 6.35. The number of hydrogen-bond acceptors (Lipinski definition) is 12. The zero-order chi connectivity index (χ0) is 19.9. The number of phosphoric acid groups is 3. The number of phosphoric ester groups is 1. The first-order valence-corrected chi connectivity index (χ1v) is 10.4. The molecule has 25 heavy (non-hydrogen) atoms. The van der Waals surface area contributed by atoms with Crippen molar-refractivity contribution in [1.82, 2.24) is 0 Å². The zero-order valence-electron chi connectivity index (χ0n) is 12.0. The Labute approximate surface area is 137 Å². The summed E-state index contributed by atoms with van der Waals surface area (Å²) in [7, 11) is -18.7. The third-order valence-corrected chi connectivity index (χ3v) is 6.47. The molecule has 0 aliphatic carbocycles. The van der Waals surface area contributed by atoms with E-state index in [9.17, 15) is 51.5 Å². The molecule has 0 aromatic carbocycles. The molecule has 0 aromatic heterocycles. The van der Waals surface area contributed by atoms with Crippen molar-refractivity contribution in [2.45, 2.75) is 37.3 Å². The van der Waals surface area contributed by atoms with E-state index < -0.39 is 60.5 Å². The lowest BCUT2D eigenvalue weighted by Gasteiger charge is -2.39. The van der Waals surface area contributed by atoms with Crippen molar-refractivity contribution in [3.8, 4) is 0 Å². The number of ether oxygens (including phenoxy) is 1. The Morgan fingerprint density at radius 3 is 2.04 bits per heavy atom. The number of aliphatic hydroxyl groups is 1. The fourth-order valence-electron chi connectivity index (χ4n) is 1.92. The van der Waals surface area contributed by atoms with Gasteiger partial charge in [0.1, 0.15) is 0 Å². The van der Waals surface area contributed by atoms with E-state index in [1.807, 2.05) is 0 Å². The summed E-state index contributed by atoms with van der Waals surface area (Å²) in [6.07, 6.45) is -9.26. The third-order valence-electron chi connectivity index (χ3n) is 2.82. The molecule has 12 nitrogen and oxygen atoms in total. The highest BCUT2D eigenvalue weighted by molar-refractivity contribution is 7.64. The van der Waals surface area contributed by atoms with E-state index in [0.717, 1.165) is 6.92 Å². The number of aliphatic hydroxyl groups excluding tert-OH is 1. The quantitative estimate of drug-likeness (QED) is 0.443. The Morgan fingerprint density at radius 1 is 1.16 bits per heavy atom. The molecule has 1 fully saturated rings. The fraction of sp³-hybridized carbons (Fsp3) is 1.00. The summed E-state index contributed by atoms with van der Waals surface area (Å²) in [5.74, 6) is 0. The SMILES string of the molecule is C[C@H]1CC(O)[C@](COP(=O)([O-])OP(=O)([O-])OP(=O)([O-])[O-])(C(F)(F)F)O1. The molecule has 1 aliphatic rings.